The molecule has 2 aliphatic carbocycles. The van der Waals surface area contributed by atoms with Gasteiger partial charge in [0.15, 0.2) is 0 Å². The van der Waals surface area contributed by atoms with Crippen LogP contribution in [0, 0.1) is 23.3 Å². The molecule has 434 valence electrons. The van der Waals surface area contributed by atoms with E-state index in [4.69, 9.17) is 0 Å². The first-order valence-corrected chi connectivity index (χ1v) is 38.5. The van der Waals surface area contributed by atoms with E-state index in [1.807, 2.05) is 13.0 Å². The quantitative estimate of drug-likeness (QED) is 0.0261. The van der Waals surface area contributed by atoms with E-state index in [9.17, 15) is 37.4 Å². The first kappa shape index (κ1) is 67.6. The molecule has 16 heteroatoms. The van der Waals surface area contributed by atoms with Gasteiger partial charge in [0.05, 0.1) is 39.2 Å². The van der Waals surface area contributed by atoms with Gasteiger partial charge in [-0.2, -0.15) is 0 Å². The number of nitrogens with one attached hydrogen (secondary N) is 4. The van der Waals surface area contributed by atoms with Gasteiger partial charge in [0, 0.05) is 53.7 Å². The van der Waals surface area contributed by atoms with Gasteiger partial charge in [-0.05, 0) is 127 Å². The van der Waals surface area contributed by atoms with E-state index in [-0.39, 0.29) is 48.8 Å². The molecule has 0 radical (unpaired) electrons. The predicted molar refractivity (Wildman–Crippen MR) is 324 cm³/mol. The summed E-state index contributed by atoms with van der Waals surface area (Å²) in [6, 6.07) is 13.6. The maximum absolute atomic E-state index is 13.6. The zero-order chi connectivity index (χ0) is 57.5. The Hall–Kier alpha value is -2.90. The van der Waals surface area contributed by atoms with Gasteiger partial charge in [0.2, 0.25) is 11.8 Å². The number of thiophene rings is 2. The summed E-state index contributed by atoms with van der Waals surface area (Å²) in [4.78, 5) is 27.0. The van der Waals surface area contributed by atoms with Crippen LogP contribution < -0.4 is 21.3 Å². The van der Waals surface area contributed by atoms with E-state index >= 15 is 0 Å². The van der Waals surface area contributed by atoms with Crippen LogP contribution in [0.2, 0.25) is 13.3 Å². The molecule has 8 nitrogen and oxygen atoms in total. The van der Waals surface area contributed by atoms with Crippen molar-refractivity contribution in [3.05, 3.63) is 130 Å². The Morgan fingerprint density at radius 2 is 0.974 bits per heavy atom. The number of rotatable bonds is 27. The van der Waals surface area contributed by atoms with E-state index in [0.29, 0.717) is 11.1 Å². The average Bonchev–Trinajstić information content (AvgIpc) is 4.09. The van der Waals surface area contributed by atoms with Gasteiger partial charge in [-0.15, -0.1) is 22.7 Å². The topological polar surface area (TPSA) is 123 Å². The molecule has 2 fully saturated rings. The van der Waals surface area contributed by atoms with Crippen LogP contribution in [-0.4, -0.2) is 77.8 Å². The van der Waals surface area contributed by atoms with E-state index in [0.717, 1.165) is 77.7 Å². The number of allylic oxidation sites excluding steroid dienone is 2. The summed E-state index contributed by atoms with van der Waals surface area (Å²) in [6.07, 6.45) is 17.6. The van der Waals surface area contributed by atoms with Crippen LogP contribution in [0.3, 0.4) is 0 Å². The predicted octanol–water partition coefficient (Wildman–Crippen LogP) is 15.5. The molecule has 2 amide bonds. The van der Waals surface area contributed by atoms with Gasteiger partial charge in [-0.25, -0.2) is 17.6 Å². The van der Waals surface area contributed by atoms with Crippen LogP contribution in [0.15, 0.2) is 81.2 Å². The zero-order valence-corrected chi connectivity index (χ0v) is 53.8. The summed E-state index contributed by atoms with van der Waals surface area (Å²) >= 11 is 5.01. The standard InChI is InChI=1S/C25H32F2N2O2S.C22H27BrF2N2O2S.3C4H9.C3H5.Sn/c1-16(2)23-7-8-24(32-23)25(9-5-4-6-10-25)28-15-22(31)21(29-17(3)30)13-18-11-19(26)14-20(27)12-18;1-14(28)27-18(11-15-9-16(24)12-17(25)10-15)19(29)13-26-22(7-3-2-4-8-22)20-5-6-21(23)30-20;3*1-3-4-2;1-3-2;/h7-8,11-12,14,21-22,28,31H,1,4-6,9-10,13,15H2,2-3H3,(H,29,30);5-6,9-10,12,18-19,26,29H,2-4,7-8,11,13H2,1H3,(H,27,28);3*1,3-4H2,2H3;1H2,2H3;/t21-,22+;18-,19+;;;;;/m00...../s1. The van der Waals surface area contributed by atoms with Crippen LogP contribution in [0.4, 0.5) is 17.6 Å². The smallest absolute Gasteiger partial charge is 0.217 e. The maximum atomic E-state index is 13.6. The van der Waals surface area contributed by atoms with Crippen LogP contribution in [0.5, 0.6) is 0 Å². The second kappa shape index (κ2) is 33.9. The fourth-order valence-corrected chi connectivity index (χ4v) is 28.6. The molecular weight excluding hydrogens is 1200 g/mol. The number of hydrogen-bond acceptors (Lipinski definition) is 8. The summed E-state index contributed by atoms with van der Waals surface area (Å²) in [7, 11) is 0. The van der Waals surface area contributed by atoms with Crippen molar-refractivity contribution in [1.29, 1.82) is 0 Å². The third kappa shape index (κ3) is 21.8. The summed E-state index contributed by atoms with van der Waals surface area (Å²) < 4.78 is 61.8. The summed E-state index contributed by atoms with van der Waals surface area (Å²) in [6.45, 7) is 23.0. The second-order valence-electron chi connectivity index (χ2n) is 22.2. The molecule has 6 N–H and O–H groups in total. The molecule has 78 heavy (non-hydrogen) atoms. The van der Waals surface area contributed by atoms with Crippen molar-refractivity contribution in [2.75, 3.05) is 13.1 Å². The molecule has 0 spiro atoms. The molecule has 0 aliphatic heterocycles. The Morgan fingerprint density at radius 3 is 1.28 bits per heavy atom. The maximum Gasteiger partial charge on any atom is 0.217 e. The van der Waals surface area contributed by atoms with Gasteiger partial charge in [-0.1, -0.05) is 45.1 Å². The average molecular weight is 1300 g/mol. The van der Waals surface area contributed by atoms with Crippen molar-refractivity contribution in [3.63, 3.8) is 0 Å². The molecule has 4 aromatic rings. The number of aliphatic hydroxyl groups excluding tert-OH is 2. The van der Waals surface area contributed by atoms with Crippen molar-refractivity contribution < 1.29 is 37.4 Å². The fraction of sp³-hybridized carbons (Fsp3) is 0.581. The molecular formula is C62H91BrF4N4O4S2Sn. The summed E-state index contributed by atoms with van der Waals surface area (Å²) in [5, 5.41) is 34.5. The van der Waals surface area contributed by atoms with E-state index in [1.54, 1.807) is 39.6 Å². The monoisotopic (exact) mass is 1290 g/mol. The zero-order valence-electron chi connectivity index (χ0n) is 47.7. The van der Waals surface area contributed by atoms with Gasteiger partial charge >= 0.3 is 108 Å². The van der Waals surface area contributed by atoms with Gasteiger partial charge < -0.3 is 31.5 Å². The Morgan fingerprint density at radius 1 is 0.603 bits per heavy atom. The van der Waals surface area contributed by atoms with Gasteiger partial charge in [-0.3, -0.25) is 9.59 Å². The molecule has 2 aromatic heterocycles. The van der Waals surface area contributed by atoms with Crippen molar-refractivity contribution in [3.8, 4) is 0 Å². The molecule has 2 heterocycles. The molecule has 4 atom stereocenters. The number of aliphatic hydroxyl groups is 2. The number of carbonyl (C=O) groups is 2. The number of carbonyl (C=O) groups excluding carboxylic acids is 2. The van der Waals surface area contributed by atoms with Crippen molar-refractivity contribution in [2.45, 2.75) is 213 Å². The number of halogens is 5. The molecule has 2 aliphatic rings. The molecule has 6 rings (SSSR count). The Bertz CT molecular complexity index is 2430. The molecule has 2 aromatic carbocycles. The Labute approximate surface area is 485 Å². The van der Waals surface area contributed by atoms with Crippen LogP contribution >= 0.6 is 38.6 Å². The van der Waals surface area contributed by atoms with E-state index in [1.165, 1.54) is 99.2 Å². The number of unbranched alkanes of at least 4 members (excludes halogenated alkanes) is 3. The molecule has 2 saturated carbocycles. The first-order valence-electron chi connectivity index (χ1n) is 28.6. The minimum Gasteiger partial charge on any atom is -0.390 e. The number of hydrogen-bond donors (Lipinski definition) is 6. The minimum atomic E-state index is -1.94. The van der Waals surface area contributed by atoms with Crippen LogP contribution in [-0.2, 0) is 33.5 Å². The summed E-state index contributed by atoms with van der Waals surface area (Å²) in [5.41, 5.74) is 1.36. The second-order valence-corrected chi connectivity index (χ2v) is 39.8. The Balaban J connectivity index is 0.000000267. The van der Waals surface area contributed by atoms with E-state index < -0.39 is 65.9 Å². The fourth-order valence-electron chi connectivity index (χ4n) is 11.2. The van der Waals surface area contributed by atoms with Gasteiger partial charge in [0.1, 0.15) is 23.3 Å². The third-order valence-corrected chi connectivity index (χ3v) is 35.3. The third-order valence-electron chi connectivity index (χ3n) is 15.7. The van der Waals surface area contributed by atoms with Crippen molar-refractivity contribution in [2.24, 2.45) is 0 Å². The van der Waals surface area contributed by atoms with Gasteiger partial charge in [0.25, 0.3) is 0 Å². The molecule has 0 saturated heterocycles. The minimum absolute atomic E-state index is 0.128. The van der Waals surface area contributed by atoms with Crippen LogP contribution in [0.1, 0.15) is 177 Å². The SMILES string of the molecule is C=C(C)c1ccc(C2(NC[C@@H](O)[C@H](Cc3cc(F)cc(F)c3)NC(C)=O)CCCCC2)s1.C=[C](C)[Sn]([CH2]CCC)([CH2]CCC)[CH2]CCC.CC(=O)N[C@@H](Cc1cc(F)cc(F)c1)[C@H](O)CNC1(c2ccc(Br)s2)CCCCC1. The largest absolute Gasteiger partial charge is 0.390 e. The molecule has 0 bridgehead atoms. The van der Waals surface area contributed by atoms with Crippen LogP contribution in [0.25, 0.3) is 5.57 Å². The number of benzene rings is 2. The van der Waals surface area contributed by atoms with Crippen molar-refractivity contribution in [1.82, 2.24) is 21.3 Å². The van der Waals surface area contributed by atoms with Crippen molar-refractivity contribution >= 4 is 74.4 Å². The van der Waals surface area contributed by atoms with E-state index in [2.05, 4.69) is 96.2 Å². The Kier molecular flexibility index (Phi) is 29.4. The summed E-state index contributed by atoms with van der Waals surface area (Å²) in [5.74, 6) is -3.32. The first-order chi connectivity index (χ1) is 37.1. The normalized spacial score (nSPS) is 16.5. The molecule has 0 unspecified atom stereocenters. The number of amides is 2.